The SMILES string of the molecule is CCOC(=O)N1CCN(c2nc3c(C)cccn3c(=O)c2C=C2SC(=S)N(C3CCCC3)C2=O)CC1. The molecule has 0 radical (unpaired) electrons. The molecule has 2 amide bonds. The van der Waals surface area contributed by atoms with E-state index >= 15 is 0 Å². The lowest BCUT2D eigenvalue weighted by atomic mass is 10.2. The van der Waals surface area contributed by atoms with E-state index in [2.05, 4.69) is 0 Å². The van der Waals surface area contributed by atoms with Crippen molar-refractivity contribution < 1.29 is 14.3 Å². The first kappa shape index (κ1) is 24.8. The van der Waals surface area contributed by atoms with Gasteiger partial charge in [-0.25, -0.2) is 9.78 Å². The van der Waals surface area contributed by atoms with E-state index in [1.54, 1.807) is 29.0 Å². The second-order valence-corrected chi connectivity index (χ2v) is 10.9. The van der Waals surface area contributed by atoms with Gasteiger partial charge < -0.3 is 14.5 Å². The molecule has 1 saturated carbocycles. The van der Waals surface area contributed by atoms with Gasteiger partial charge in [-0.2, -0.15) is 0 Å². The number of thioether (sulfide) groups is 1. The van der Waals surface area contributed by atoms with E-state index in [0.717, 1.165) is 31.2 Å². The quantitative estimate of drug-likeness (QED) is 0.442. The van der Waals surface area contributed by atoms with Gasteiger partial charge in [-0.05, 0) is 44.4 Å². The molecular weight excluding hydrogens is 498 g/mol. The maximum atomic E-state index is 13.7. The van der Waals surface area contributed by atoms with E-state index in [-0.39, 0.29) is 23.6 Å². The summed E-state index contributed by atoms with van der Waals surface area (Å²) in [5, 5.41) is 0. The van der Waals surface area contributed by atoms with Crippen molar-refractivity contribution in [1.82, 2.24) is 19.2 Å². The molecule has 9 nitrogen and oxygen atoms in total. The average molecular weight is 528 g/mol. The van der Waals surface area contributed by atoms with Crippen LogP contribution in [0.5, 0.6) is 0 Å². The van der Waals surface area contributed by atoms with Crippen molar-refractivity contribution in [2.45, 2.75) is 45.6 Å². The van der Waals surface area contributed by atoms with Crippen LogP contribution in [-0.2, 0) is 9.53 Å². The molecule has 0 atom stereocenters. The molecule has 1 aliphatic carbocycles. The maximum Gasteiger partial charge on any atom is 0.409 e. The van der Waals surface area contributed by atoms with Gasteiger partial charge in [0, 0.05) is 38.4 Å². The Balaban J connectivity index is 1.53. The molecule has 0 N–H and O–H groups in total. The molecule has 3 aliphatic rings. The molecule has 0 aromatic carbocycles. The smallest absolute Gasteiger partial charge is 0.409 e. The van der Waals surface area contributed by atoms with E-state index in [0.29, 0.717) is 59.0 Å². The van der Waals surface area contributed by atoms with Crippen LogP contribution in [0.15, 0.2) is 28.0 Å². The Hall–Kier alpha value is -2.92. The number of hydrogen-bond donors (Lipinski definition) is 0. The van der Waals surface area contributed by atoms with Crippen molar-refractivity contribution in [3.8, 4) is 0 Å². The van der Waals surface area contributed by atoms with Crippen molar-refractivity contribution in [2.75, 3.05) is 37.7 Å². The number of piperazine rings is 1. The Morgan fingerprint density at radius 3 is 2.64 bits per heavy atom. The van der Waals surface area contributed by atoms with E-state index in [1.807, 2.05) is 24.0 Å². The third-order valence-electron chi connectivity index (χ3n) is 6.96. The minimum absolute atomic E-state index is 0.135. The molecule has 2 saturated heterocycles. The first-order valence-corrected chi connectivity index (χ1v) is 13.6. The highest BCUT2D eigenvalue weighted by molar-refractivity contribution is 8.26. The van der Waals surface area contributed by atoms with Crippen LogP contribution < -0.4 is 10.5 Å². The van der Waals surface area contributed by atoms with E-state index < -0.39 is 0 Å². The molecule has 5 rings (SSSR count). The Kier molecular flexibility index (Phi) is 7.03. The van der Waals surface area contributed by atoms with Crippen LogP contribution in [0.4, 0.5) is 10.6 Å². The monoisotopic (exact) mass is 527 g/mol. The van der Waals surface area contributed by atoms with Gasteiger partial charge in [0.2, 0.25) is 0 Å². The number of aromatic nitrogens is 2. The fourth-order valence-electron chi connectivity index (χ4n) is 5.07. The zero-order valence-electron chi connectivity index (χ0n) is 20.4. The number of hydrogen-bond acceptors (Lipinski definition) is 8. The third-order valence-corrected chi connectivity index (χ3v) is 8.29. The van der Waals surface area contributed by atoms with Crippen LogP contribution in [-0.4, -0.2) is 74.3 Å². The molecule has 2 aromatic rings. The molecule has 3 fully saturated rings. The van der Waals surface area contributed by atoms with Crippen LogP contribution in [0.3, 0.4) is 0 Å². The number of aryl methyl sites for hydroxylation is 1. The van der Waals surface area contributed by atoms with Gasteiger partial charge in [0.15, 0.2) is 0 Å². The molecule has 36 heavy (non-hydrogen) atoms. The van der Waals surface area contributed by atoms with E-state index in [4.69, 9.17) is 21.9 Å². The first-order chi connectivity index (χ1) is 17.4. The summed E-state index contributed by atoms with van der Waals surface area (Å²) in [4.78, 5) is 50.0. The average Bonchev–Trinajstić information content (AvgIpc) is 3.49. The molecule has 0 bridgehead atoms. The summed E-state index contributed by atoms with van der Waals surface area (Å²) in [6.45, 7) is 5.92. The van der Waals surface area contributed by atoms with Gasteiger partial charge in [0.1, 0.15) is 15.8 Å². The van der Waals surface area contributed by atoms with Crippen LogP contribution in [0, 0.1) is 6.92 Å². The zero-order valence-corrected chi connectivity index (χ0v) is 22.1. The Morgan fingerprint density at radius 1 is 1.22 bits per heavy atom. The lowest BCUT2D eigenvalue weighted by Crippen LogP contribution is -2.49. The lowest BCUT2D eigenvalue weighted by Gasteiger charge is -2.35. The van der Waals surface area contributed by atoms with Crippen molar-refractivity contribution in [3.05, 3.63) is 44.7 Å². The molecule has 0 unspecified atom stereocenters. The molecule has 2 aliphatic heterocycles. The summed E-state index contributed by atoms with van der Waals surface area (Å²) in [6.07, 6.45) is 7.11. The molecule has 4 heterocycles. The topological polar surface area (TPSA) is 87.5 Å². The highest BCUT2D eigenvalue weighted by Gasteiger charge is 2.38. The Bertz CT molecular complexity index is 1310. The molecule has 190 valence electrons. The van der Waals surface area contributed by atoms with Crippen molar-refractivity contribution in [3.63, 3.8) is 0 Å². The molecule has 11 heteroatoms. The minimum Gasteiger partial charge on any atom is -0.450 e. The second kappa shape index (κ2) is 10.2. The number of thiocarbonyl (C=S) groups is 1. The zero-order chi connectivity index (χ0) is 25.4. The van der Waals surface area contributed by atoms with Gasteiger partial charge in [0.05, 0.1) is 17.1 Å². The van der Waals surface area contributed by atoms with Crippen LogP contribution in [0.1, 0.15) is 43.7 Å². The molecule has 2 aromatic heterocycles. The number of nitrogens with zero attached hydrogens (tertiary/aromatic N) is 5. The maximum absolute atomic E-state index is 13.7. The highest BCUT2D eigenvalue weighted by Crippen LogP contribution is 2.38. The third kappa shape index (κ3) is 4.50. The van der Waals surface area contributed by atoms with Gasteiger partial charge in [-0.1, -0.05) is 42.9 Å². The second-order valence-electron chi connectivity index (χ2n) is 9.20. The summed E-state index contributed by atoms with van der Waals surface area (Å²) in [5.74, 6) is 0.382. The normalized spacial score (nSPS) is 20.3. The van der Waals surface area contributed by atoms with Gasteiger partial charge >= 0.3 is 6.09 Å². The van der Waals surface area contributed by atoms with E-state index in [9.17, 15) is 14.4 Å². The number of fused-ring (bicyclic) bond motifs is 1. The van der Waals surface area contributed by atoms with Gasteiger partial charge in [0.25, 0.3) is 11.5 Å². The van der Waals surface area contributed by atoms with Gasteiger partial charge in [-0.15, -0.1) is 0 Å². The predicted octanol–water partition coefficient (Wildman–Crippen LogP) is 3.43. The first-order valence-electron chi connectivity index (χ1n) is 12.3. The number of amides is 2. The standard InChI is InChI=1S/C25H29N5O4S2/c1-3-34-24(33)28-13-11-27(12-14-28)21-18(22(31)29-10-6-7-16(2)20(29)26-21)15-19-23(32)30(25(35)36-19)17-8-4-5-9-17/h6-7,10,15,17H,3-5,8-9,11-14H2,1-2H3. The predicted molar refractivity (Wildman–Crippen MR) is 144 cm³/mol. The summed E-state index contributed by atoms with van der Waals surface area (Å²) < 4.78 is 7.21. The number of anilines is 1. The number of rotatable bonds is 4. The van der Waals surface area contributed by atoms with Crippen molar-refractivity contribution >= 4 is 57.8 Å². The fourth-order valence-corrected chi connectivity index (χ4v) is 6.45. The Morgan fingerprint density at radius 2 is 1.94 bits per heavy atom. The number of pyridine rings is 1. The van der Waals surface area contributed by atoms with Crippen LogP contribution in [0.2, 0.25) is 0 Å². The largest absolute Gasteiger partial charge is 0.450 e. The fraction of sp³-hybridized carbons (Fsp3) is 0.480. The van der Waals surface area contributed by atoms with Crippen molar-refractivity contribution in [1.29, 1.82) is 0 Å². The van der Waals surface area contributed by atoms with Crippen molar-refractivity contribution in [2.24, 2.45) is 0 Å². The lowest BCUT2D eigenvalue weighted by molar-refractivity contribution is -0.123. The van der Waals surface area contributed by atoms with Crippen LogP contribution >= 0.6 is 24.0 Å². The Labute approximate surface area is 219 Å². The minimum atomic E-state index is -0.338. The van der Waals surface area contributed by atoms with Crippen LogP contribution in [0.25, 0.3) is 11.7 Å². The number of ether oxygens (including phenoxy) is 1. The number of carbonyl (C=O) groups is 2. The summed E-state index contributed by atoms with van der Waals surface area (Å²) in [7, 11) is 0. The highest BCUT2D eigenvalue weighted by atomic mass is 32.2. The number of carbonyl (C=O) groups excluding carboxylic acids is 2. The summed E-state index contributed by atoms with van der Waals surface area (Å²) >= 11 is 6.81. The summed E-state index contributed by atoms with van der Waals surface area (Å²) in [5.41, 5.74) is 1.56. The van der Waals surface area contributed by atoms with E-state index in [1.165, 1.54) is 16.2 Å². The summed E-state index contributed by atoms with van der Waals surface area (Å²) in [6, 6.07) is 3.86. The van der Waals surface area contributed by atoms with Gasteiger partial charge in [-0.3, -0.25) is 18.9 Å². The molecular formula is C25H29N5O4S2. The molecule has 0 spiro atoms.